The summed E-state index contributed by atoms with van der Waals surface area (Å²) < 4.78 is 0. The molecule has 114 valence electrons. The Balaban J connectivity index is 1.65. The van der Waals surface area contributed by atoms with E-state index in [-0.39, 0.29) is 12.6 Å². The molecule has 0 radical (unpaired) electrons. The Morgan fingerprint density at radius 3 is 2.30 bits per heavy atom. The van der Waals surface area contributed by atoms with Crippen LogP contribution in [0.4, 0.5) is 4.79 Å². The Labute approximate surface area is 119 Å². The number of carboxylic acids is 1. The maximum atomic E-state index is 11.7. The summed E-state index contributed by atoms with van der Waals surface area (Å²) in [5.74, 6) is -0.785. The van der Waals surface area contributed by atoms with Crippen molar-refractivity contribution in [1.29, 1.82) is 0 Å². The summed E-state index contributed by atoms with van der Waals surface area (Å²) >= 11 is 0. The molecule has 0 aromatic rings. The minimum atomic E-state index is -0.785. The number of rotatable bonds is 6. The van der Waals surface area contributed by atoms with Gasteiger partial charge in [0.05, 0.1) is 5.41 Å². The van der Waals surface area contributed by atoms with Crippen molar-refractivity contribution in [2.24, 2.45) is 5.41 Å². The van der Waals surface area contributed by atoms with E-state index in [2.05, 4.69) is 15.5 Å². The lowest BCUT2D eigenvalue weighted by Gasteiger charge is -2.24. The average molecular weight is 283 g/mol. The molecule has 3 N–H and O–H groups in total. The zero-order valence-electron chi connectivity index (χ0n) is 12.0. The van der Waals surface area contributed by atoms with Gasteiger partial charge in [0.2, 0.25) is 0 Å². The zero-order chi connectivity index (χ0) is 14.4. The minimum absolute atomic E-state index is 0.234. The fourth-order valence-corrected chi connectivity index (χ4v) is 3.16. The largest absolute Gasteiger partial charge is 0.481 e. The Morgan fingerprint density at radius 2 is 1.70 bits per heavy atom. The highest BCUT2D eigenvalue weighted by Crippen LogP contribution is 2.37. The van der Waals surface area contributed by atoms with Crippen molar-refractivity contribution in [2.45, 2.75) is 38.5 Å². The van der Waals surface area contributed by atoms with Gasteiger partial charge in [0.25, 0.3) is 0 Å². The van der Waals surface area contributed by atoms with Crippen molar-refractivity contribution < 1.29 is 14.7 Å². The number of hydrogen-bond donors (Lipinski definition) is 3. The Kier molecular flexibility index (Phi) is 5.23. The molecule has 1 saturated carbocycles. The molecule has 2 fully saturated rings. The SMILES string of the molecule is O=C(NCCN1CCCC1)NCC1(C(=O)O)CCCC1. The molecule has 1 aliphatic heterocycles. The molecule has 2 aliphatic rings. The minimum Gasteiger partial charge on any atom is -0.481 e. The van der Waals surface area contributed by atoms with E-state index in [0.717, 1.165) is 32.5 Å². The molecule has 6 heteroatoms. The Hall–Kier alpha value is -1.30. The molecule has 0 aromatic carbocycles. The van der Waals surface area contributed by atoms with E-state index in [1.54, 1.807) is 0 Å². The molecular formula is C14H25N3O3. The average Bonchev–Trinajstić information content (AvgIpc) is 3.08. The van der Waals surface area contributed by atoms with E-state index in [4.69, 9.17) is 0 Å². The summed E-state index contributed by atoms with van der Waals surface area (Å²) in [5.41, 5.74) is -0.744. The second kappa shape index (κ2) is 6.92. The molecule has 0 aromatic heterocycles. The van der Waals surface area contributed by atoms with E-state index < -0.39 is 11.4 Å². The first kappa shape index (κ1) is 15.1. The number of urea groups is 1. The third kappa shape index (κ3) is 3.85. The number of likely N-dealkylation sites (tertiary alicyclic amines) is 1. The van der Waals surface area contributed by atoms with Crippen LogP contribution >= 0.6 is 0 Å². The van der Waals surface area contributed by atoms with Crippen LogP contribution in [0.5, 0.6) is 0 Å². The lowest BCUT2D eigenvalue weighted by molar-refractivity contribution is -0.148. The van der Waals surface area contributed by atoms with Crippen molar-refractivity contribution in [1.82, 2.24) is 15.5 Å². The summed E-state index contributed by atoms with van der Waals surface area (Å²) in [6.07, 6.45) is 5.68. The van der Waals surface area contributed by atoms with Gasteiger partial charge in [-0.2, -0.15) is 0 Å². The summed E-state index contributed by atoms with van der Waals surface area (Å²) in [6, 6.07) is -0.253. The molecule has 20 heavy (non-hydrogen) atoms. The van der Waals surface area contributed by atoms with Gasteiger partial charge in [-0.1, -0.05) is 12.8 Å². The molecule has 1 aliphatic carbocycles. The fourth-order valence-electron chi connectivity index (χ4n) is 3.16. The van der Waals surface area contributed by atoms with Crippen LogP contribution in [0.25, 0.3) is 0 Å². The summed E-state index contributed by atoms with van der Waals surface area (Å²) in [6.45, 7) is 3.96. The van der Waals surface area contributed by atoms with Crippen LogP contribution in [-0.4, -0.2) is 54.7 Å². The van der Waals surface area contributed by atoms with E-state index in [0.29, 0.717) is 19.4 Å². The van der Waals surface area contributed by atoms with Crippen LogP contribution in [0.2, 0.25) is 0 Å². The van der Waals surface area contributed by atoms with Crippen LogP contribution in [0.15, 0.2) is 0 Å². The van der Waals surface area contributed by atoms with Crippen molar-refractivity contribution in [2.75, 3.05) is 32.7 Å². The summed E-state index contributed by atoms with van der Waals surface area (Å²) in [7, 11) is 0. The van der Waals surface area contributed by atoms with Crippen LogP contribution in [-0.2, 0) is 4.79 Å². The van der Waals surface area contributed by atoms with Crippen molar-refractivity contribution >= 4 is 12.0 Å². The van der Waals surface area contributed by atoms with Gasteiger partial charge in [-0.15, -0.1) is 0 Å². The topological polar surface area (TPSA) is 81.7 Å². The molecule has 0 bridgehead atoms. The molecule has 1 saturated heterocycles. The van der Waals surface area contributed by atoms with Crippen LogP contribution < -0.4 is 10.6 Å². The highest BCUT2D eigenvalue weighted by atomic mass is 16.4. The number of carbonyl (C=O) groups is 2. The third-order valence-corrected chi connectivity index (χ3v) is 4.51. The van der Waals surface area contributed by atoms with Crippen molar-refractivity contribution in [3.63, 3.8) is 0 Å². The predicted octanol–water partition coefficient (Wildman–Crippen LogP) is 1.03. The molecule has 0 atom stereocenters. The predicted molar refractivity (Wildman–Crippen MR) is 75.6 cm³/mol. The fraction of sp³-hybridized carbons (Fsp3) is 0.857. The maximum absolute atomic E-state index is 11.7. The van der Waals surface area contributed by atoms with Crippen LogP contribution in [0.1, 0.15) is 38.5 Å². The maximum Gasteiger partial charge on any atom is 0.314 e. The first-order valence-electron chi connectivity index (χ1n) is 7.60. The van der Waals surface area contributed by atoms with Crippen molar-refractivity contribution in [3.8, 4) is 0 Å². The van der Waals surface area contributed by atoms with Gasteiger partial charge in [0.1, 0.15) is 0 Å². The number of carbonyl (C=O) groups excluding carboxylic acids is 1. The molecule has 0 unspecified atom stereocenters. The first-order valence-corrected chi connectivity index (χ1v) is 7.60. The smallest absolute Gasteiger partial charge is 0.314 e. The number of nitrogens with one attached hydrogen (secondary N) is 2. The Bertz CT molecular complexity index is 348. The van der Waals surface area contributed by atoms with E-state index >= 15 is 0 Å². The number of nitrogens with zero attached hydrogens (tertiary/aromatic N) is 1. The van der Waals surface area contributed by atoms with Gasteiger partial charge in [0.15, 0.2) is 0 Å². The van der Waals surface area contributed by atoms with Gasteiger partial charge in [0, 0.05) is 19.6 Å². The quantitative estimate of drug-likeness (QED) is 0.680. The van der Waals surface area contributed by atoms with E-state index in [9.17, 15) is 14.7 Å². The molecule has 0 spiro atoms. The highest BCUT2D eigenvalue weighted by molar-refractivity contribution is 5.78. The van der Waals surface area contributed by atoms with Gasteiger partial charge >= 0.3 is 12.0 Å². The van der Waals surface area contributed by atoms with Crippen LogP contribution in [0, 0.1) is 5.41 Å². The number of carboxylic acid groups (broad SMARTS) is 1. The molecule has 2 amide bonds. The second-order valence-electron chi connectivity index (χ2n) is 5.95. The van der Waals surface area contributed by atoms with Gasteiger partial charge < -0.3 is 20.6 Å². The molecular weight excluding hydrogens is 258 g/mol. The summed E-state index contributed by atoms with van der Waals surface area (Å²) in [4.78, 5) is 25.4. The third-order valence-electron chi connectivity index (χ3n) is 4.51. The number of aliphatic carboxylic acids is 1. The van der Waals surface area contributed by atoms with E-state index in [1.165, 1.54) is 12.8 Å². The molecule has 6 nitrogen and oxygen atoms in total. The van der Waals surface area contributed by atoms with Gasteiger partial charge in [-0.3, -0.25) is 4.79 Å². The monoisotopic (exact) mass is 283 g/mol. The van der Waals surface area contributed by atoms with Gasteiger partial charge in [-0.05, 0) is 38.8 Å². The first-order chi connectivity index (χ1) is 9.62. The van der Waals surface area contributed by atoms with Crippen molar-refractivity contribution in [3.05, 3.63) is 0 Å². The normalized spacial score (nSPS) is 21.8. The van der Waals surface area contributed by atoms with E-state index in [1.807, 2.05) is 0 Å². The van der Waals surface area contributed by atoms with Gasteiger partial charge in [-0.25, -0.2) is 4.79 Å². The standard InChI is InChI=1S/C14H25N3O3/c18-12(19)14(5-1-2-6-14)11-16-13(20)15-7-10-17-8-3-4-9-17/h1-11H2,(H,18,19)(H2,15,16,20). The molecule has 1 heterocycles. The highest BCUT2D eigenvalue weighted by Gasteiger charge is 2.41. The lowest BCUT2D eigenvalue weighted by Crippen LogP contribution is -2.46. The summed E-state index contributed by atoms with van der Waals surface area (Å²) in [5, 5.41) is 14.8. The number of amides is 2. The van der Waals surface area contributed by atoms with Crippen LogP contribution in [0.3, 0.4) is 0 Å². The Morgan fingerprint density at radius 1 is 1.05 bits per heavy atom. The number of hydrogen-bond acceptors (Lipinski definition) is 3. The lowest BCUT2D eigenvalue weighted by atomic mass is 9.86. The molecule has 2 rings (SSSR count). The second-order valence-corrected chi connectivity index (χ2v) is 5.95. The zero-order valence-corrected chi connectivity index (χ0v) is 12.0.